The van der Waals surface area contributed by atoms with Crippen LogP contribution in [0.15, 0.2) is 47.4 Å². The molecule has 1 aromatic heterocycles. The summed E-state index contributed by atoms with van der Waals surface area (Å²) in [5.74, 6) is -0.332. The molecule has 7 heteroatoms. The molecule has 1 fully saturated rings. The molecule has 1 amide bonds. The molecule has 0 spiro atoms. The molecule has 6 nitrogen and oxygen atoms in total. The van der Waals surface area contributed by atoms with Gasteiger partial charge in [-0.3, -0.25) is 9.59 Å². The second-order valence-electron chi connectivity index (χ2n) is 5.84. The average molecular weight is 363 g/mol. The maximum atomic E-state index is 12.4. The van der Waals surface area contributed by atoms with Gasteiger partial charge in [-0.2, -0.15) is 0 Å². The molecule has 0 bridgehead atoms. The Balaban J connectivity index is 1.63. The maximum absolute atomic E-state index is 12.4. The minimum absolute atomic E-state index is 0.0237. The number of ether oxygens (including phenoxy) is 2. The lowest BCUT2D eigenvalue weighted by molar-refractivity contribution is -0.0605. The highest BCUT2D eigenvalue weighted by Gasteiger charge is 2.28. The number of aromatic nitrogens is 1. The average Bonchev–Trinajstić information content (AvgIpc) is 2.64. The highest BCUT2D eigenvalue weighted by molar-refractivity contribution is 6.30. The summed E-state index contributed by atoms with van der Waals surface area (Å²) in [5, 5.41) is 2.87. The highest BCUT2D eigenvalue weighted by Crippen LogP contribution is 2.15. The molecular weight excluding hydrogens is 344 g/mol. The van der Waals surface area contributed by atoms with Crippen LogP contribution in [0.5, 0.6) is 0 Å². The van der Waals surface area contributed by atoms with E-state index in [1.54, 1.807) is 0 Å². The third-order valence-corrected chi connectivity index (χ3v) is 4.32. The molecule has 2 heterocycles. The van der Waals surface area contributed by atoms with Gasteiger partial charge in [0.2, 0.25) is 0 Å². The smallest absolute Gasteiger partial charge is 0.266 e. The van der Waals surface area contributed by atoms with Crippen molar-refractivity contribution < 1.29 is 14.3 Å². The molecular formula is C18H19ClN2O4. The van der Waals surface area contributed by atoms with Gasteiger partial charge in [0.15, 0.2) is 0 Å². The highest BCUT2D eigenvalue weighted by atomic mass is 35.5. The fourth-order valence-electron chi connectivity index (χ4n) is 2.67. The van der Waals surface area contributed by atoms with Gasteiger partial charge in [0.25, 0.3) is 11.5 Å². The molecule has 132 valence electrons. The van der Waals surface area contributed by atoms with Crippen LogP contribution in [-0.2, 0) is 16.1 Å². The third-order valence-electron chi connectivity index (χ3n) is 4.04. The van der Waals surface area contributed by atoms with Crippen molar-refractivity contribution in [2.24, 2.45) is 0 Å². The van der Waals surface area contributed by atoms with Crippen LogP contribution in [0.1, 0.15) is 22.3 Å². The first-order valence-electron chi connectivity index (χ1n) is 8.06. The zero-order valence-electron chi connectivity index (χ0n) is 13.5. The number of pyridine rings is 1. The Bertz CT molecular complexity index is 778. The van der Waals surface area contributed by atoms with E-state index in [0.717, 1.165) is 5.56 Å². The van der Waals surface area contributed by atoms with E-state index in [-0.39, 0.29) is 28.6 Å². The zero-order chi connectivity index (χ0) is 17.6. The molecule has 0 radical (unpaired) electrons. The van der Waals surface area contributed by atoms with Gasteiger partial charge in [-0.15, -0.1) is 0 Å². The van der Waals surface area contributed by atoms with Gasteiger partial charge in [0, 0.05) is 12.8 Å². The number of carbonyl (C=O) groups excluding carboxylic acids is 1. The Hall–Kier alpha value is -2.15. The fourth-order valence-corrected chi connectivity index (χ4v) is 2.84. The molecule has 0 saturated carbocycles. The quantitative estimate of drug-likeness (QED) is 0.853. The molecule has 1 aliphatic heterocycles. The topological polar surface area (TPSA) is 80.4 Å². The minimum atomic E-state index is -0.428. The van der Waals surface area contributed by atoms with Crippen molar-refractivity contribution in [3.8, 4) is 0 Å². The largest absolute Gasteiger partial charge is 0.379 e. The van der Waals surface area contributed by atoms with Crippen LogP contribution in [0.2, 0.25) is 5.02 Å². The summed E-state index contributed by atoms with van der Waals surface area (Å²) in [7, 11) is 0. The van der Waals surface area contributed by atoms with Gasteiger partial charge < -0.3 is 19.8 Å². The lowest BCUT2D eigenvalue weighted by atomic mass is 10.1. The summed E-state index contributed by atoms with van der Waals surface area (Å²) in [5.41, 5.74) is 0.937. The molecule has 1 saturated heterocycles. The Kier molecular flexibility index (Phi) is 5.86. The van der Waals surface area contributed by atoms with E-state index in [9.17, 15) is 9.59 Å². The lowest BCUT2D eigenvalue weighted by Crippen LogP contribution is -2.50. The first kappa shape index (κ1) is 17.7. The number of rotatable bonds is 5. The number of hydrogen-bond donors (Lipinski definition) is 2. The first-order chi connectivity index (χ1) is 12.1. The van der Waals surface area contributed by atoms with E-state index in [4.69, 9.17) is 21.1 Å². The Morgan fingerprint density at radius 3 is 2.92 bits per heavy atom. The van der Waals surface area contributed by atoms with Gasteiger partial charge in [0.05, 0.1) is 30.9 Å². The number of nitrogens with one attached hydrogen (secondary N) is 2. The lowest BCUT2D eigenvalue weighted by Gasteiger charge is -2.32. The molecule has 0 unspecified atom stereocenters. The minimum Gasteiger partial charge on any atom is -0.379 e. The second kappa shape index (κ2) is 8.29. The SMILES string of the molecule is O=C(N[C@@H]1COCC[C@@H]1OCc1ccccc1)c1c[nH]c(=O)c(Cl)c1. The molecule has 2 atom stereocenters. The maximum Gasteiger partial charge on any atom is 0.266 e. The van der Waals surface area contributed by atoms with Crippen molar-refractivity contribution in [3.63, 3.8) is 0 Å². The molecule has 0 aliphatic carbocycles. The molecule has 3 rings (SSSR count). The van der Waals surface area contributed by atoms with E-state index in [1.165, 1.54) is 12.3 Å². The van der Waals surface area contributed by atoms with E-state index in [1.807, 2.05) is 30.3 Å². The normalized spacial score (nSPS) is 20.2. The van der Waals surface area contributed by atoms with E-state index >= 15 is 0 Å². The van der Waals surface area contributed by atoms with Crippen LogP contribution in [0.4, 0.5) is 0 Å². The summed E-state index contributed by atoms with van der Waals surface area (Å²) >= 11 is 5.77. The van der Waals surface area contributed by atoms with Gasteiger partial charge >= 0.3 is 0 Å². The van der Waals surface area contributed by atoms with Crippen LogP contribution in [-0.4, -0.2) is 36.3 Å². The molecule has 2 N–H and O–H groups in total. The van der Waals surface area contributed by atoms with E-state index in [2.05, 4.69) is 10.3 Å². The third kappa shape index (κ3) is 4.69. The van der Waals surface area contributed by atoms with Crippen LogP contribution in [0, 0.1) is 0 Å². The van der Waals surface area contributed by atoms with Crippen molar-refractivity contribution in [1.82, 2.24) is 10.3 Å². The van der Waals surface area contributed by atoms with Gasteiger partial charge in [-0.05, 0) is 18.1 Å². The number of benzene rings is 1. The van der Waals surface area contributed by atoms with Crippen LogP contribution < -0.4 is 10.9 Å². The number of H-pyrrole nitrogens is 1. The number of hydrogen-bond acceptors (Lipinski definition) is 4. The monoisotopic (exact) mass is 362 g/mol. The zero-order valence-corrected chi connectivity index (χ0v) is 14.3. The first-order valence-corrected chi connectivity index (χ1v) is 8.43. The van der Waals surface area contributed by atoms with Crippen molar-refractivity contribution >= 4 is 17.5 Å². The number of halogens is 1. The standard InChI is InChI=1S/C18H19ClN2O4/c19-14-8-13(9-20-18(14)23)17(22)21-15-11-24-7-6-16(15)25-10-12-4-2-1-3-5-12/h1-5,8-9,15-16H,6-7,10-11H2,(H,20,23)(H,21,22)/t15-,16+/m1/s1. The summed E-state index contributed by atoms with van der Waals surface area (Å²) < 4.78 is 11.4. The predicted molar refractivity (Wildman–Crippen MR) is 93.8 cm³/mol. The summed E-state index contributed by atoms with van der Waals surface area (Å²) in [4.78, 5) is 26.1. The summed E-state index contributed by atoms with van der Waals surface area (Å²) in [6.07, 6.45) is 1.90. The van der Waals surface area contributed by atoms with Gasteiger partial charge in [-0.25, -0.2) is 0 Å². The van der Waals surface area contributed by atoms with Crippen molar-refractivity contribution in [2.45, 2.75) is 25.2 Å². The summed E-state index contributed by atoms with van der Waals surface area (Å²) in [6.45, 7) is 1.45. The van der Waals surface area contributed by atoms with Crippen LogP contribution >= 0.6 is 11.6 Å². The van der Waals surface area contributed by atoms with Crippen molar-refractivity contribution in [1.29, 1.82) is 0 Å². The van der Waals surface area contributed by atoms with Crippen molar-refractivity contribution in [2.75, 3.05) is 13.2 Å². The fraction of sp³-hybridized carbons (Fsp3) is 0.333. The Morgan fingerprint density at radius 1 is 1.36 bits per heavy atom. The number of amides is 1. The summed E-state index contributed by atoms with van der Waals surface area (Å²) in [6, 6.07) is 10.9. The predicted octanol–water partition coefficient (Wildman–Crippen LogP) is 2.13. The van der Waals surface area contributed by atoms with Crippen molar-refractivity contribution in [3.05, 3.63) is 69.1 Å². The number of carbonyl (C=O) groups is 1. The molecule has 2 aromatic rings. The van der Waals surface area contributed by atoms with Crippen LogP contribution in [0.3, 0.4) is 0 Å². The van der Waals surface area contributed by atoms with Gasteiger partial charge in [0.1, 0.15) is 5.02 Å². The van der Waals surface area contributed by atoms with E-state index in [0.29, 0.717) is 26.2 Å². The Morgan fingerprint density at radius 2 is 2.16 bits per heavy atom. The number of aromatic amines is 1. The van der Waals surface area contributed by atoms with E-state index < -0.39 is 5.56 Å². The molecule has 25 heavy (non-hydrogen) atoms. The second-order valence-corrected chi connectivity index (χ2v) is 6.25. The van der Waals surface area contributed by atoms with Gasteiger partial charge in [-0.1, -0.05) is 41.9 Å². The molecule has 1 aliphatic rings. The Labute approximate surface area is 150 Å². The van der Waals surface area contributed by atoms with Crippen LogP contribution in [0.25, 0.3) is 0 Å². The molecule has 1 aromatic carbocycles.